The molecule has 1 saturated carbocycles. The smallest absolute Gasteiger partial charge is 0.287 e. The lowest BCUT2D eigenvalue weighted by Gasteiger charge is -2.29. The van der Waals surface area contributed by atoms with Crippen LogP contribution in [0.25, 0.3) is 0 Å². The predicted molar refractivity (Wildman–Crippen MR) is 71.1 cm³/mol. The number of aliphatic hydroxyl groups excluding tert-OH is 1. The van der Waals surface area contributed by atoms with Crippen molar-refractivity contribution in [2.75, 3.05) is 11.9 Å². The van der Waals surface area contributed by atoms with Crippen molar-refractivity contribution in [3.63, 3.8) is 0 Å². The number of nitrogens with zero attached hydrogens (tertiary/aromatic N) is 2. The van der Waals surface area contributed by atoms with Gasteiger partial charge in [-0.25, -0.2) is 4.68 Å². The van der Waals surface area contributed by atoms with Crippen LogP contribution in [0.5, 0.6) is 0 Å². The monoisotopic (exact) mass is 271 g/mol. The van der Waals surface area contributed by atoms with Crippen molar-refractivity contribution in [1.29, 1.82) is 0 Å². The van der Waals surface area contributed by atoms with Gasteiger partial charge in [0.25, 0.3) is 5.56 Å². The Morgan fingerprint density at radius 3 is 2.78 bits per heavy atom. The van der Waals surface area contributed by atoms with Gasteiger partial charge in [-0.2, -0.15) is 5.10 Å². The van der Waals surface area contributed by atoms with Gasteiger partial charge in [0.2, 0.25) is 0 Å². The van der Waals surface area contributed by atoms with Crippen LogP contribution >= 0.6 is 11.6 Å². The van der Waals surface area contributed by atoms with Crippen molar-refractivity contribution in [3.05, 3.63) is 21.6 Å². The maximum Gasteiger partial charge on any atom is 0.287 e. The summed E-state index contributed by atoms with van der Waals surface area (Å²) in [6.07, 6.45) is 5.48. The number of hydrogen-bond donors (Lipinski definition) is 2. The second kappa shape index (κ2) is 5.28. The van der Waals surface area contributed by atoms with Crippen molar-refractivity contribution >= 4 is 17.3 Å². The van der Waals surface area contributed by atoms with Crippen molar-refractivity contribution < 1.29 is 5.11 Å². The lowest BCUT2D eigenvalue weighted by atomic mass is 9.99. The quantitative estimate of drug-likeness (QED) is 0.874. The molecule has 0 unspecified atom stereocenters. The van der Waals surface area contributed by atoms with Crippen molar-refractivity contribution in [2.24, 2.45) is 0 Å². The zero-order chi connectivity index (χ0) is 13.2. The van der Waals surface area contributed by atoms with Gasteiger partial charge in [0, 0.05) is 6.54 Å². The molecule has 1 aromatic heterocycles. The van der Waals surface area contributed by atoms with E-state index in [-0.39, 0.29) is 22.7 Å². The average Bonchev–Trinajstić information content (AvgIpc) is 2.85. The molecular formula is C12H18ClN3O2. The fraction of sp³-hybridized carbons (Fsp3) is 0.667. The highest BCUT2D eigenvalue weighted by molar-refractivity contribution is 6.32. The Bertz CT molecular complexity index is 481. The van der Waals surface area contributed by atoms with Gasteiger partial charge in [-0.15, -0.1) is 0 Å². The molecule has 0 bridgehead atoms. The van der Waals surface area contributed by atoms with Crippen LogP contribution in [0.2, 0.25) is 5.02 Å². The highest BCUT2D eigenvalue weighted by atomic mass is 35.5. The van der Waals surface area contributed by atoms with Crippen molar-refractivity contribution in [3.8, 4) is 0 Å². The molecule has 5 nitrogen and oxygen atoms in total. The normalized spacial score (nSPS) is 17.9. The second-order valence-corrected chi connectivity index (χ2v) is 5.14. The van der Waals surface area contributed by atoms with E-state index in [0.717, 1.165) is 25.7 Å². The fourth-order valence-corrected chi connectivity index (χ4v) is 2.63. The van der Waals surface area contributed by atoms with Crippen LogP contribution in [0, 0.1) is 0 Å². The highest BCUT2D eigenvalue weighted by Gasteiger charge is 2.33. The van der Waals surface area contributed by atoms with E-state index in [0.29, 0.717) is 12.2 Å². The minimum atomic E-state index is -0.351. The zero-order valence-corrected chi connectivity index (χ0v) is 11.2. The molecule has 1 aromatic rings. The number of nitrogens with one attached hydrogen (secondary N) is 1. The van der Waals surface area contributed by atoms with E-state index < -0.39 is 0 Å². The molecule has 2 N–H and O–H groups in total. The Hall–Kier alpha value is -1.07. The summed E-state index contributed by atoms with van der Waals surface area (Å²) in [7, 11) is 0. The summed E-state index contributed by atoms with van der Waals surface area (Å²) in [5.41, 5.74) is -0.131. The van der Waals surface area contributed by atoms with Crippen LogP contribution in [-0.2, 0) is 6.54 Å². The first kappa shape index (κ1) is 13.4. The van der Waals surface area contributed by atoms with Crippen LogP contribution in [0.1, 0.15) is 32.6 Å². The Morgan fingerprint density at radius 1 is 1.56 bits per heavy atom. The minimum Gasteiger partial charge on any atom is -0.394 e. The fourth-order valence-electron chi connectivity index (χ4n) is 2.44. The summed E-state index contributed by atoms with van der Waals surface area (Å²) in [6.45, 7) is 2.37. The first-order valence-corrected chi connectivity index (χ1v) is 6.64. The lowest BCUT2D eigenvalue weighted by Crippen LogP contribution is -2.40. The average molecular weight is 272 g/mol. The molecule has 18 heavy (non-hydrogen) atoms. The molecule has 1 aliphatic carbocycles. The summed E-state index contributed by atoms with van der Waals surface area (Å²) in [5, 5.41) is 16.9. The summed E-state index contributed by atoms with van der Waals surface area (Å²) in [6, 6.07) is 0. The molecular weight excluding hydrogens is 254 g/mol. The number of aryl methyl sites for hydroxylation is 1. The van der Waals surface area contributed by atoms with Crippen LogP contribution in [0.15, 0.2) is 11.0 Å². The summed E-state index contributed by atoms with van der Waals surface area (Å²) < 4.78 is 1.31. The maximum absolute atomic E-state index is 11.9. The molecule has 1 fully saturated rings. The van der Waals surface area contributed by atoms with E-state index in [1.807, 2.05) is 6.92 Å². The molecule has 100 valence electrons. The van der Waals surface area contributed by atoms with Crippen LogP contribution in [0.4, 0.5) is 5.69 Å². The molecule has 1 aliphatic rings. The van der Waals surface area contributed by atoms with Crippen molar-refractivity contribution in [2.45, 2.75) is 44.7 Å². The molecule has 0 radical (unpaired) electrons. The molecule has 0 atom stereocenters. The van der Waals surface area contributed by atoms with Gasteiger partial charge in [-0.1, -0.05) is 24.4 Å². The molecule has 0 amide bonds. The van der Waals surface area contributed by atoms with E-state index in [1.54, 1.807) is 6.20 Å². The number of rotatable bonds is 4. The largest absolute Gasteiger partial charge is 0.394 e. The minimum absolute atomic E-state index is 0.0419. The van der Waals surface area contributed by atoms with E-state index in [4.69, 9.17) is 11.6 Å². The van der Waals surface area contributed by atoms with E-state index in [9.17, 15) is 9.90 Å². The van der Waals surface area contributed by atoms with Gasteiger partial charge in [0.05, 0.1) is 24.0 Å². The molecule has 0 spiro atoms. The first-order valence-electron chi connectivity index (χ1n) is 6.26. The number of halogens is 1. The molecule has 0 aromatic carbocycles. The molecule has 0 aliphatic heterocycles. The van der Waals surface area contributed by atoms with E-state index in [2.05, 4.69) is 10.4 Å². The number of aliphatic hydroxyl groups is 1. The third-order valence-electron chi connectivity index (χ3n) is 3.55. The van der Waals surface area contributed by atoms with Gasteiger partial charge < -0.3 is 10.4 Å². The van der Waals surface area contributed by atoms with Crippen molar-refractivity contribution in [1.82, 2.24) is 9.78 Å². The number of anilines is 1. The third kappa shape index (κ3) is 2.37. The standard InChI is InChI=1S/C12H18ClN3O2/c1-2-16-11(18)10(13)9(7-14-16)15-12(8-17)5-3-4-6-12/h7,15,17H,2-6,8H2,1H3. The van der Waals surface area contributed by atoms with Crippen LogP contribution in [0.3, 0.4) is 0 Å². The zero-order valence-electron chi connectivity index (χ0n) is 10.4. The Kier molecular flexibility index (Phi) is 3.92. The molecule has 2 rings (SSSR count). The van der Waals surface area contributed by atoms with Crippen LogP contribution in [-0.4, -0.2) is 27.0 Å². The lowest BCUT2D eigenvalue weighted by molar-refractivity contribution is 0.214. The van der Waals surface area contributed by atoms with E-state index in [1.165, 1.54) is 4.68 Å². The molecule has 0 saturated heterocycles. The van der Waals surface area contributed by atoms with Gasteiger partial charge >= 0.3 is 0 Å². The van der Waals surface area contributed by atoms with Gasteiger partial charge in [0.1, 0.15) is 5.02 Å². The summed E-state index contributed by atoms with van der Waals surface area (Å²) >= 11 is 6.06. The molecule has 6 heteroatoms. The Balaban J connectivity index is 2.29. The third-order valence-corrected chi connectivity index (χ3v) is 3.91. The molecule has 1 heterocycles. The first-order chi connectivity index (χ1) is 8.62. The second-order valence-electron chi connectivity index (χ2n) is 4.76. The van der Waals surface area contributed by atoms with E-state index >= 15 is 0 Å². The topological polar surface area (TPSA) is 67.2 Å². The van der Waals surface area contributed by atoms with Gasteiger partial charge in [-0.05, 0) is 19.8 Å². The summed E-state index contributed by atoms with van der Waals surface area (Å²) in [5.74, 6) is 0. The number of hydrogen-bond acceptors (Lipinski definition) is 4. The SMILES string of the molecule is CCn1ncc(NC2(CO)CCCC2)c(Cl)c1=O. The number of aromatic nitrogens is 2. The Morgan fingerprint density at radius 2 is 2.22 bits per heavy atom. The van der Waals surface area contributed by atoms with Gasteiger partial charge in [0.15, 0.2) is 0 Å². The van der Waals surface area contributed by atoms with Gasteiger partial charge in [-0.3, -0.25) is 4.79 Å². The highest BCUT2D eigenvalue weighted by Crippen LogP contribution is 2.33. The summed E-state index contributed by atoms with van der Waals surface area (Å²) in [4.78, 5) is 11.9. The predicted octanol–water partition coefficient (Wildman–Crippen LogP) is 1.63. The Labute approximate surface area is 111 Å². The van der Waals surface area contributed by atoms with Crippen LogP contribution < -0.4 is 10.9 Å². The maximum atomic E-state index is 11.9.